The Kier molecular flexibility index (Phi) is 4.20. The average Bonchev–Trinajstić information content (AvgIpc) is 1.87. The molecule has 5 nitrogen and oxygen atoms in total. The van der Waals surface area contributed by atoms with E-state index in [9.17, 15) is 8.42 Å². The van der Waals surface area contributed by atoms with Crippen molar-refractivity contribution in [3.63, 3.8) is 0 Å². The molecule has 11 heavy (non-hydrogen) atoms. The van der Waals surface area contributed by atoms with Gasteiger partial charge in [-0.15, -0.1) is 0 Å². The van der Waals surface area contributed by atoms with E-state index in [0.29, 0.717) is 0 Å². The number of nitrogens with one attached hydrogen (secondary N) is 1. The molecule has 0 aliphatic rings. The molecule has 0 rings (SSSR count). The van der Waals surface area contributed by atoms with E-state index in [-0.39, 0.29) is 13.0 Å². The van der Waals surface area contributed by atoms with Crippen LogP contribution < -0.4 is 4.72 Å². The molecule has 0 aromatic heterocycles. The van der Waals surface area contributed by atoms with E-state index in [1.807, 2.05) is 0 Å². The summed E-state index contributed by atoms with van der Waals surface area (Å²) in [6, 6.07) is 3.27. The number of nitrogens with zero attached hydrogens (tertiary/aromatic N) is 2. The van der Waals surface area contributed by atoms with Gasteiger partial charge < -0.3 is 0 Å². The summed E-state index contributed by atoms with van der Waals surface area (Å²) >= 11 is 0. The molecule has 0 radical (unpaired) electrons. The highest BCUT2D eigenvalue weighted by atomic mass is 32.2. The molecule has 0 heterocycles. The predicted molar refractivity (Wildman–Crippen MR) is 37.6 cm³/mol. The van der Waals surface area contributed by atoms with Crippen LogP contribution in [0, 0.1) is 22.7 Å². The number of sulfonamides is 1. The van der Waals surface area contributed by atoms with Crippen LogP contribution in [0.1, 0.15) is 6.42 Å². The van der Waals surface area contributed by atoms with Gasteiger partial charge in [0.2, 0.25) is 10.0 Å². The molecular weight excluding hydrogens is 166 g/mol. The van der Waals surface area contributed by atoms with Crippen molar-refractivity contribution in [1.29, 1.82) is 10.5 Å². The molecule has 6 heteroatoms. The molecule has 0 fully saturated rings. The van der Waals surface area contributed by atoms with Crippen LogP contribution in [0.5, 0.6) is 0 Å². The Bertz CT molecular complexity index is 282. The van der Waals surface area contributed by atoms with E-state index >= 15 is 0 Å². The van der Waals surface area contributed by atoms with Crippen molar-refractivity contribution >= 4 is 10.0 Å². The second-order valence-electron chi connectivity index (χ2n) is 1.72. The van der Waals surface area contributed by atoms with Crippen LogP contribution in [0.15, 0.2) is 0 Å². The van der Waals surface area contributed by atoms with Crippen molar-refractivity contribution in [2.45, 2.75) is 6.42 Å². The van der Waals surface area contributed by atoms with Crippen molar-refractivity contribution in [3.05, 3.63) is 0 Å². The van der Waals surface area contributed by atoms with Crippen molar-refractivity contribution in [2.24, 2.45) is 0 Å². The zero-order valence-electron chi connectivity index (χ0n) is 5.74. The lowest BCUT2D eigenvalue weighted by Gasteiger charge is -1.97. The van der Waals surface area contributed by atoms with Crippen LogP contribution in [0.4, 0.5) is 0 Å². The largest absolute Gasteiger partial charge is 0.225 e. The smallest absolute Gasteiger partial charge is 0.213 e. The van der Waals surface area contributed by atoms with E-state index in [1.165, 1.54) is 6.07 Å². The van der Waals surface area contributed by atoms with Gasteiger partial charge in [0.25, 0.3) is 0 Å². The van der Waals surface area contributed by atoms with E-state index in [2.05, 4.69) is 4.72 Å². The van der Waals surface area contributed by atoms with E-state index in [0.717, 1.165) is 0 Å². The van der Waals surface area contributed by atoms with Gasteiger partial charge in [-0.25, -0.2) is 13.1 Å². The molecule has 1 N–H and O–H groups in total. The second kappa shape index (κ2) is 4.67. The van der Waals surface area contributed by atoms with Gasteiger partial charge in [0, 0.05) is 13.0 Å². The highest BCUT2D eigenvalue weighted by Gasteiger charge is 2.06. The fourth-order valence-corrected chi connectivity index (χ4v) is 1.08. The molecule has 0 spiro atoms. The zero-order valence-corrected chi connectivity index (χ0v) is 6.56. The summed E-state index contributed by atoms with van der Waals surface area (Å²) in [5.41, 5.74) is 0. The van der Waals surface area contributed by atoms with Crippen molar-refractivity contribution in [1.82, 2.24) is 4.72 Å². The molecule has 0 aliphatic heterocycles. The average molecular weight is 173 g/mol. The van der Waals surface area contributed by atoms with Gasteiger partial charge in [0.1, 0.15) is 0 Å². The highest BCUT2D eigenvalue weighted by Crippen LogP contribution is 1.82. The van der Waals surface area contributed by atoms with Crippen molar-refractivity contribution in [2.75, 3.05) is 12.3 Å². The molecule has 0 unspecified atom stereocenters. The third kappa shape index (κ3) is 5.34. The highest BCUT2D eigenvalue weighted by molar-refractivity contribution is 7.89. The Balaban J connectivity index is 3.79. The molecule has 0 saturated carbocycles. The SMILES string of the molecule is N#CCCNS(=O)(=O)CC#N. The molecule has 60 valence electrons. The lowest BCUT2D eigenvalue weighted by molar-refractivity contribution is 0.586. The third-order valence-electron chi connectivity index (χ3n) is 0.813. The maximum Gasteiger partial charge on any atom is 0.225 e. The number of rotatable bonds is 4. The van der Waals surface area contributed by atoms with Gasteiger partial charge in [0.05, 0.1) is 12.1 Å². The number of nitriles is 2. The van der Waals surface area contributed by atoms with Gasteiger partial charge in [0.15, 0.2) is 5.75 Å². The molecule has 0 saturated heterocycles. The molecule has 0 aliphatic carbocycles. The Labute approximate surface area is 65.3 Å². The Morgan fingerprint density at radius 1 is 1.27 bits per heavy atom. The predicted octanol–water partition coefficient (Wildman–Crippen LogP) is -0.657. The maximum absolute atomic E-state index is 10.7. The van der Waals surface area contributed by atoms with Crippen LogP contribution >= 0.6 is 0 Å². The van der Waals surface area contributed by atoms with Gasteiger partial charge in [-0.2, -0.15) is 10.5 Å². The van der Waals surface area contributed by atoms with E-state index < -0.39 is 15.8 Å². The molecule has 0 amide bonds. The van der Waals surface area contributed by atoms with Crippen LogP contribution in [0.2, 0.25) is 0 Å². The quantitative estimate of drug-likeness (QED) is 0.571. The van der Waals surface area contributed by atoms with Gasteiger partial charge in [-0.1, -0.05) is 0 Å². The summed E-state index contributed by atoms with van der Waals surface area (Å²) in [4.78, 5) is 0. The molecular formula is C5H7N3O2S. The fraction of sp³-hybridized carbons (Fsp3) is 0.600. The summed E-state index contributed by atoms with van der Waals surface area (Å²) in [6.07, 6.45) is 0.116. The van der Waals surface area contributed by atoms with Gasteiger partial charge in [-0.05, 0) is 0 Å². The second-order valence-corrected chi connectivity index (χ2v) is 3.53. The topological polar surface area (TPSA) is 93.8 Å². The summed E-state index contributed by atoms with van der Waals surface area (Å²) < 4.78 is 23.4. The van der Waals surface area contributed by atoms with Crippen molar-refractivity contribution in [3.8, 4) is 12.1 Å². The van der Waals surface area contributed by atoms with Crippen molar-refractivity contribution < 1.29 is 8.42 Å². The summed E-state index contributed by atoms with van der Waals surface area (Å²) in [5.74, 6) is -0.557. The van der Waals surface area contributed by atoms with Crippen LogP contribution in [-0.4, -0.2) is 20.7 Å². The molecule has 0 aromatic rings. The van der Waals surface area contributed by atoms with Gasteiger partial charge >= 0.3 is 0 Å². The number of hydrogen-bond acceptors (Lipinski definition) is 4. The van der Waals surface area contributed by atoms with Crippen LogP contribution in [-0.2, 0) is 10.0 Å². The lowest BCUT2D eigenvalue weighted by Crippen LogP contribution is -2.26. The third-order valence-corrected chi connectivity index (χ3v) is 1.97. The monoisotopic (exact) mass is 173 g/mol. The zero-order chi connectivity index (χ0) is 8.74. The summed E-state index contributed by atoms with van der Waals surface area (Å²) in [5, 5.41) is 16.1. The first-order valence-corrected chi connectivity index (χ1v) is 4.49. The fourth-order valence-electron chi connectivity index (χ4n) is 0.398. The Morgan fingerprint density at radius 3 is 2.36 bits per heavy atom. The van der Waals surface area contributed by atoms with E-state index in [1.54, 1.807) is 6.07 Å². The number of hydrogen-bond donors (Lipinski definition) is 1. The maximum atomic E-state index is 10.7. The minimum absolute atomic E-state index is 0.0700. The van der Waals surface area contributed by atoms with Crippen LogP contribution in [0.25, 0.3) is 0 Å². The first-order chi connectivity index (χ1) is 5.12. The first kappa shape index (κ1) is 9.89. The Hall–Kier alpha value is -1.11. The summed E-state index contributed by atoms with van der Waals surface area (Å²) in [6.45, 7) is 0.0700. The molecule has 0 atom stereocenters. The van der Waals surface area contributed by atoms with E-state index in [4.69, 9.17) is 10.5 Å². The van der Waals surface area contributed by atoms with Crippen LogP contribution in [0.3, 0.4) is 0 Å². The standard InChI is InChI=1S/C5H7N3O2S/c6-2-1-4-8-11(9,10)5-3-7/h8H,1,4-5H2. The molecule has 0 bridgehead atoms. The van der Waals surface area contributed by atoms with Gasteiger partial charge in [-0.3, -0.25) is 0 Å². The minimum atomic E-state index is -3.47. The molecule has 0 aromatic carbocycles. The summed E-state index contributed by atoms with van der Waals surface area (Å²) in [7, 11) is -3.47. The first-order valence-electron chi connectivity index (χ1n) is 2.83. The lowest BCUT2D eigenvalue weighted by atomic mass is 10.5. The minimum Gasteiger partial charge on any atom is -0.213 e. The normalized spacial score (nSPS) is 10.0. The Morgan fingerprint density at radius 2 is 1.91 bits per heavy atom.